The summed E-state index contributed by atoms with van der Waals surface area (Å²) in [6.07, 6.45) is 18.0. The Hall–Kier alpha value is -0.340. The second-order valence-corrected chi connectivity index (χ2v) is 10.7. The van der Waals surface area contributed by atoms with Gasteiger partial charge in [-0.05, 0) is 68.3 Å². The predicted molar refractivity (Wildman–Crippen MR) is 127 cm³/mol. The van der Waals surface area contributed by atoms with E-state index < -0.39 is 5.60 Å². The highest BCUT2D eigenvalue weighted by Gasteiger charge is 2.27. The highest BCUT2D eigenvalue weighted by Crippen LogP contribution is 2.33. The van der Waals surface area contributed by atoms with Gasteiger partial charge in [-0.15, -0.1) is 0 Å². The van der Waals surface area contributed by atoms with Crippen molar-refractivity contribution in [3.8, 4) is 0 Å². The average Bonchev–Trinajstić information content (AvgIpc) is 2.65. The molecule has 0 aromatic rings. The molecule has 2 nitrogen and oxygen atoms in total. The minimum absolute atomic E-state index is 0.219. The summed E-state index contributed by atoms with van der Waals surface area (Å²) in [6, 6.07) is 0. The van der Waals surface area contributed by atoms with E-state index in [9.17, 15) is 10.2 Å². The van der Waals surface area contributed by atoms with Crippen LogP contribution < -0.4 is 0 Å². The fourth-order valence-electron chi connectivity index (χ4n) is 4.73. The first-order valence-electron chi connectivity index (χ1n) is 12.5. The maximum Gasteiger partial charge on any atom is 0.0778 e. The van der Waals surface area contributed by atoms with Gasteiger partial charge in [0.05, 0.1) is 11.7 Å². The molecule has 0 fully saturated rings. The Labute approximate surface area is 182 Å². The lowest BCUT2D eigenvalue weighted by atomic mass is 9.78. The number of rotatable bonds is 15. The first-order chi connectivity index (χ1) is 13.7. The first kappa shape index (κ1) is 26.7. The lowest BCUT2D eigenvalue weighted by Gasteiger charge is -2.31. The van der Waals surface area contributed by atoms with Gasteiger partial charge in [-0.1, -0.05) is 72.3 Å². The van der Waals surface area contributed by atoms with Crippen molar-refractivity contribution in [2.24, 2.45) is 23.7 Å². The Morgan fingerprint density at radius 1 is 1.03 bits per heavy atom. The molecular formula is C27H51O2-. The maximum atomic E-state index is 10.5. The van der Waals surface area contributed by atoms with Crippen molar-refractivity contribution in [3.63, 3.8) is 0 Å². The average molecular weight is 408 g/mol. The summed E-state index contributed by atoms with van der Waals surface area (Å²) in [4.78, 5) is 0. The molecule has 1 aliphatic rings. The van der Waals surface area contributed by atoms with Crippen LogP contribution in [0.15, 0.2) is 11.6 Å². The fourth-order valence-corrected chi connectivity index (χ4v) is 4.73. The fraction of sp³-hybridized carbons (Fsp3) is 0.889. The Kier molecular flexibility index (Phi) is 12.8. The van der Waals surface area contributed by atoms with Crippen LogP contribution in [-0.2, 0) is 0 Å². The zero-order valence-electron chi connectivity index (χ0n) is 20.4. The van der Waals surface area contributed by atoms with E-state index in [1.807, 2.05) is 6.92 Å². The number of allylic oxidation sites excluding steroid dienone is 1. The van der Waals surface area contributed by atoms with Crippen LogP contribution in [0.25, 0.3) is 0 Å². The molecule has 0 bridgehead atoms. The van der Waals surface area contributed by atoms with Crippen molar-refractivity contribution < 1.29 is 10.2 Å². The first-order valence-corrected chi connectivity index (χ1v) is 12.5. The van der Waals surface area contributed by atoms with Crippen LogP contribution in [-0.4, -0.2) is 21.9 Å². The minimum atomic E-state index is -0.481. The van der Waals surface area contributed by atoms with Gasteiger partial charge in [0.25, 0.3) is 0 Å². The molecule has 0 saturated heterocycles. The van der Waals surface area contributed by atoms with E-state index in [4.69, 9.17) is 0 Å². The van der Waals surface area contributed by atoms with Gasteiger partial charge in [0, 0.05) is 0 Å². The standard InChI is InChI=1S/C27H51O2/c1-7-8-9-19-27(6,29)20-11-14-21(2)12-10-13-22(3)15-17-25-18-16-23(4)24(5)26(25)28/h7,18,21-24,26,28-29H,8-17,19-20H2,1-6H3/q-1. The summed E-state index contributed by atoms with van der Waals surface area (Å²) in [7, 11) is 0. The van der Waals surface area contributed by atoms with Crippen molar-refractivity contribution in [3.05, 3.63) is 18.1 Å². The molecule has 6 atom stereocenters. The molecule has 0 spiro atoms. The zero-order valence-corrected chi connectivity index (χ0v) is 20.4. The molecule has 29 heavy (non-hydrogen) atoms. The van der Waals surface area contributed by atoms with E-state index in [0.29, 0.717) is 11.8 Å². The van der Waals surface area contributed by atoms with E-state index in [1.54, 1.807) is 0 Å². The van der Waals surface area contributed by atoms with Gasteiger partial charge in [0.1, 0.15) is 0 Å². The van der Waals surface area contributed by atoms with Crippen molar-refractivity contribution in [1.29, 1.82) is 0 Å². The molecule has 1 rings (SSSR count). The number of aliphatic hydroxyl groups is 2. The van der Waals surface area contributed by atoms with Crippen LogP contribution in [0.1, 0.15) is 119 Å². The molecule has 6 unspecified atom stereocenters. The van der Waals surface area contributed by atoms with Crippen molar-refractivity contribution in [2.45, 2.75) is 130 Å². The Balaban J connectivity index is 2.13. The summed E-state index contributed by atoms with van der Waals surface area (Å²) >= 11 is 0. The van der Waals surface area contributed by atoms with Gasteiger partial charge < -0.3 is 16.6 Å². The van der Waals surface area contributed by atoms with Crippen LogP contribution in [0.3, 0.4) is 0 Å². The summed E-state index contributed by atoms with van der Waals surface area (Å²) < 4.78 is 0. The smallest absolute Gasteiger partial charge is 0.0778 e. The molecule has 1 aliphatic carbocycles. The lowest BCUT2D eigenvalue weighted by Crippen LogP contribution is -2.29. The zero-order chi connectivity index (χ0) is 21.9. The second kappa shape index (κ2) is 13.9. The normalized spacial score (nSPS) is 26.6. The quantitative estimate of drug-likeness (QED) is 0.168. The summed E-state index contributed by atoms with van der Waals surface area (Å²) in [5.74, 6) is 2.50. The van der Waals surface area contributed by atoms with Gasteiger partial charge in [-0.25, -0.2) is 0 Å². The molecule has 0 aromatic heterocycles. The minimum Gasteiger partial charge on any atom is -0.390 e. The maximum absolute atomic E-state index is 10.5. The van der Waals surface area contributed by atoms with E-state index in [1.165, 1.54) is 37.7 Å². The largest absolute Gasteiger partial charge is 0.390 e. The molecule has 0 saturated carbocycles. The molecule has 172 valence electrons. The number of hydrogen-bond donors (Lipinski definition) is 2. The van der Waals surface area contributed by atoms with E-state index >= 15 is 0 Å². The third-order valence-corrected chi connectivity index (χ3v) is 7.47. The molecule has 0 amide bonds. The van der Waals surface area contributed by atoms with Gasteiger partial charge in [0.2, 0.25) is 0 Å². The van der Waals surface area contributed by atoms with E-state index in [2.05, 4.69) is 47.1 Å². The lowest BCUT2D eigenvalue weighted by molar-refractivity contribution is 0.0364. The number of unbranched alkanes of at least 4 members (excludes halogenated alkanes) is 2. The van der Waals surface area contributed by atoms with Crippen molar-refractivity contribution in [2.75, 3.05) is 0 Å². The topological polar surface area (TPSA) is 40.5 Å². The van der Waals surface area contributed by atoms with Crippen LogP contribution in [0.2, 0.25) is 0 Å². The molecule has 0 aliphatic heterocycles. The molecule has 2 heteroatoms. The SMILES string of the molecule is C[CH-]CCCC(C)(O)CCCC(C)CCCC(C)CCC1=CCC(C)C(C)C1O. The Morgan fingerprint density at radius 2 is 1.62 bits per heavy atom. The van der Waals surface area contributed by atoms with E-state index in [0.717, 1.165) is 56.8 Å². The summed E-state index contributed by atoms with van der Waals surface area (Å²) in [6.45, 7) is 13.3. The third-order valence-electron chi connectivity index (χ3n) is 7.47. The van der Waals surface area contributed by atoms with Crippen LogP contribution in [0.5, 0.6) is 0 Å². The Morgan fingerprint density at radius 3 is 2.28 bits per heavy atom. The molecule has 2 N–H and O–H groups in total. The number of hydrogen-bond acceptors (Lipinski definition) is 2. The highest BCUT2D eigenvalue weighted by molar-refractivity contribution is 5.14. The number of aliphatic hydroxyl groups excluding tert-OH is 1. The third kappa shape index (κ3) is 11.0. The summed E-state index contributed by atoms with van der Waals surface area (Å²) in [5, 5.41) is 21.0. The van der Waals surface area contributed by atoms with Crippen LogP contribution >= 0.6 is 0 Å². The van der Waals surface area contributed by atoms with Gasteiger partial charge in [0.15, 0.2) is 0 Å². The highest BCUT2D eigenvalue weighted by atomic mass is 16.3. The van der Waals surface area contributed by atoms with Gasteiger partial charge in [-0.3, -0.25) is 0 Å². The van der Waals surface area contributed by atoms with Gasteiger partial charge in [-0.2, -0.15) is 13.3 Å². The van der Waals surface area contributed by atoms with Crippen molar-refractivity contribution >= 4 is 0 Å². The second-order valence-electron chi connectivity index (χ2n) is 10.7. The molecule has 0 aromatic carbocycles. The molecular weight excluding hydrogens is 356 g/mol. The van der Waals surface area contributed by atoms with Crippen molar-refractivity contribution in [1.82, 2.24) is 0 Å². The predicted octanol–water partition coefficient (Wildman–Crippen LogP) is 7.49. The monoisotopic (exact) mass is 407 g/mol. The Bertz CT molecular complexity index is 453. The van der Waals surface area contributed by atoms with E-state index in [-0.39, 0.29) is 6.10 Å². The van der Waals surface area contributed by atoms with Crippen LogP contribution in [0.4, 0.5) is 0 Å². The molecule has 0 radical (unpaired) electrons. The molecule has 0 heterocycles. The van der Waals surface area contributed by atoms with Crippen LogP contribution in [0, 0.1) is 30.1 Å². The van der Waals surface area contributed by atoms with Gasteiger partial charge >= 0.3 is 0 Å². The summed E-state index contributed by atoms with van der Waals surface area (Å²) in [5.41, 5.74) is 0.810.